The molecule has 0 saturated heterocycles. The average molecular weight is 570 g/mol. The average Bonchev–Trinajstić information content (AvgIpc) is 3.17. The summed E-state index contributed by atoms with van der Waals surface area (Å²) in [6, 6.07) is 11.1. The van der Waals surface area contributed by atoms with Gasteiger partial charge in [-0.2, -0.15) is 0 Å². The van der Waals surface area contributed by atoms with Crippen molar-refractivity contribution in [1.82, 2.24) is 0 Å². The van der Waals surface area contributed by atoms with Crippen molar-refractivity contribution in [3.63, 3.8) is 0 Å². The maximum atomic E-state index is 13.1. The van der Waals surface area contributed by atoms with Gasteiger partial charge in [0.15, 0.2) is 22.7 Å². The first-order valence-corrected chi connectivity index (χ1v) is 11.9. The second-order valence-corrected chi connectivity index (χ2v) is 9.88. The SMILES string of the molecule is O=C(O)COc1ccc(C(=O)CSc2cc(-c3ccc(F)cc3)s[s+]2)c(Cl)c1Cl.[Br-]. The summed E-state index contributed by atoms with van der Waals surface area (Å²) in [4.78, 5) is 24.1. The van der Waals surface area contributed by atoms with Crippen molar-refractivity contribution in [2.45, 2.75) is 4.21 Å². The van der Waals surface area contributed by atoms with E-state index in [2.05, 4.69) is 0 Å². The molecule has 0 fully saturated rings. The van der Waals surface area contributed by atoms with Crippen LogP contribution in [0.25, 0.3) is 10.4 Å². The van der Waals surface area contributed by atoms with E-state index in [-0.39, 0.29) is 55.7 Å². The third kappa shape index (κ3) is 6.38. The Morgan fingerprint density at radius 3 is 2.50 bits per heavy atom. The summed E-state index contributed by atoms with van der Waals surface area (Å²) in [5, 5.41) is 8.70. The van der Waals surface area contributed by atoms with Gasteiger partial charge in [-0.3, -0.25) is 4.79 Å². The number of carboxylic acid groups (broad SMARTS) is 1. The van der Waals surface area contributed by atoms with Crippen LogP contribution in [0.15, 0.2) is 46.7 Å². The van der Waals surface area contributed by atoms with E-state index in [1.54, 1.807) is 22.5 Å². The molecule has 0 aliphatic heterocycles. The van der Waals surface area contributed by atoms with Crippen LogP contribution >= 0.6 is 55.6 Å². The summed E-state index contributed by atoms with van der Waals surface area (Å²) in [5.41, 5.74) is 1.16. The van der Waals surface area contributed by atoms with E-state index in [0.29, 0.717) is 0 Å². The number of ketones is 1. The number of hydrogen-bond acceptors (Lipinski definition) is 5. The Hall–Kier alpha value is -1.23. The first-order valence-electron chi connectivity index (χ1n) is 8.03. The predicted octanol–water partition coefficient (Wildman–Crippen LogP) is 3.65. The van der Waals surface area contributed by atoms with Gasteiger partial charge in [0, 0.05) is 11.6 Å². The number of halogens is 4. The quantitative estimate of drug-likeness (QED) is 0.194. The standard InChI is InChI=1S/C19H11Cl2FO4S3.BrH/c20-18-12(5-6-14(19(18)21)26-8-16(24)25)13(23)9-27-17-7-15(28-29-17)10-1-3-11(22)4-2-10;/h1-7H,8-9H2;1H. The van der Waals surface area contributed by atoms with Crippen molar-refractivity contribution >= 4 is 67.4 Å². The van der Waals surface area contributed by atoms with E-state index >= 15 is 0 Å². The Morgan fingerprint density at radius 2 is 1.83 bits per heavy atom. The van der Waals surface area contributed by atoms with Gasteiger partial charge in [-0.25, -0.2) is 9.18 Å². The van der Waals surface area contributed by atoms with Gasteiger partial charge in [-0.05, 0) is 29.8 Å². The summed E-state index contributed by atoms with van der Waals surface area (Å²) >= 11 is 13.6. The molecule has 1 heterocycles. The minimum atomic E-state index is -1.15. The van der Waals surface area contributed by atoms with Crippen LogP contribution in [-0.4, -0.2) is 29.2 Å². The molecule has 0 radical (unpaired) electrons. The van der Waals surface area contributed by atoms with E-state index in [1.165, 1.54) is 46.4 Å². The molecular weight excluding hydrogens is 558 g/mol. The van der Waals surface area contributed by atoms with Crippen LogP contribution in [0.1, 0.15) is 10.4 Å². The van der Waals surface area contributed by atoms with E-state index < -0.39 is 12.6 Å². The molecule has 0 saturated carbocycles. The highest BCUT2D eigenvalue weighted by Crippen LogP contribution is 2.38. The summed E-state index contributed by atoms with van der Waals surface area (Å²) in [6.07, 6.45) is 0. The zero-order valence-corrected chi connectivity index (χ0v) is 20.4. The molecule has 3 rings (SSSR count). The van der Waals surface area contributed by atoms with Crippen molar-refractivity contribution < 1.29 is 40.8 Å². The third-order valence-electron chi connectivity index (χ3n) is 3.64. The van der Waals surface area contributed by atoms with Crippen LogP contribution < -0.4 is 21.7 Å². The molecule has 11 heteroatoms. The first kappa shape index (κ1) is 25.0. The number of benzene rings is 2. The number of rotatable bonds is 8. The molecule has 158 valence electrons. The van der Waals surface area contributed by atoms with Gasteiger partial charge >= 0.3 is 16.3 Å². The van der Waals surface area contributed by atoms with Crippen LogP contribution in [-0.2, 0) is 4.79 Å². The maximum Gasteiger partial charge on any atom is 0.341 e. The molecule has 1 aromatic heterocycles. The number of aliphatic carboxylic acids is 1. The van der Waals surface area contributed by atoms with Crippen molar-refractivity contribution in [3.8, 4) is 16.2 Å². The zero-order chi connectivity index (χ0) is 21.0. The first-order chi connectivity index (χ1) is 13.8. The minimum absolute atomic E-state index is 0. The minimum Gasteiger partial charge on any atom is -1.00 e. The van der Waals surface area contributed by atoms with Gasteiger partial charge in [-0.1, -0.05) is 47.1 Å². The van der Waals surface area contributed by atoms with E-state index in [4.69, 9.17) is 33.0 Å². The fourth-order valence-corrected chi connectivity index (χ4v) is 6.46. The molecule has 30 heavy (non-hydrogen) atoms. The molecule has 1 N–H and O–H groups in total. The second-order valence-electron chi connectivity index (χ2n) is 5.63. The fourth-order valence-electron chi connectivity index (χ4n) is 2.26. The number of carbonyl (C=O) groups is 2. The highest BCUT2D eigenvalue weighted by atomic mass is 79.9. The Balaban J connectivity index is 0.00000320. The zero-order valence-electron chi connectivity index (χ0n) is 14.9. The molecule has 0 aliphatic rings. The Bertz CT molecular complexity index is 1060. The molecule has 0 atom stereocenters. The maximum absolute atomic E-state index is 13.1. The number of Topliss-reactive ketones (excluding diaryl/α,β-unsaturated/α-hetero) is 1. The van der Waals surface area contributed by atoms with Gasteiger partial charge in [0.25, 0.3) is 4.21 Å². The van der Waals surface area contributed by atoms with Crippen molar-refractivity contribution in [2.24, 2.45) is 0 Å². The van der Waals surface area contributed by atoms with Gasteiger partial charge in [0.05, 0.1) is 15.7 Å². The third-order valence-corrected chi connectivity index (χ3v) is 8.45. The number of hydrogen-bond donors (Lipinski definition) is 1. The molecular formula is C19H12BrCl2FO4S3. The Labute approximate surface area is 203 Å². The Kier molecular flexibility index (Phi) is 9.52. The smallest absolute Gasteiger partial charge is 0.341 e. The van der Waals surface area contributed by atoms with Gasteiger partial charge in [0.2, 0.25) is 0 Å². The van der Waals surface area contributed by atoms with Crippen molar-refractivity contribution in [3.05, 3.63) is 63.9 Å². The normalized spacial score (nSPS) is 10.4. The topological polar surface area (TPSA) is 63.6 Å². The molecule has 3 aromatic rings. The molecule has 4 nitrogen and oxygen atoms in total. The lowest BCUT2D eigenvalue weighted by molar-refractivity contribution is -0.139. The fraction of sp³-hybridized carbons (Fsp3) is 0.105. The molecule has 0 unspecified atom stereocenters. The van der Waals surface area contributed by atoms with Crippen molar-refractivity contribution in [1.29, 1.82) is 0 Å². The lowest BCUT2D eigenvalue weighted by Crippen LogP contribution is -3.00. The summed E-state index contributed by atoms with van der Waals surface area (Å²) < 4.78 is 19.0. The van der Waals surface area contributed by atoms with Gasteiger partial charge in [-0.15, -0.1) is 0 Å². The molecule has 0 aliphatic carbocycles. The Morgan fingerprint density at radius 1 is 1.13 bits per heavy atom. The highest BCUT2D eigenvalue weighted by molar-refractivity contribution is 8.03. The van der Waals surface area contributed by atoms with Crippen LogP contribution in [0.3, 0.4) is 0 Å². The van der Waals surface area contributed by atoms with Crippen molar-refractivity contribution in [2.75, 3.05) is 12.4 Å². The van der Waals surface area contributed by atoms with Crippen LogP contribution in [0.4, 0.5) is 4.39 Å². The predicted molar refractivity (Wildman–Crippen MR) is 117 cm³/mol. The number of carbonyl (C=O) groups excluding carboxylic acids is 1. The number of ether oxygens (including phenoxy) is 1. The second kappa shape index (κ2) is 11.4. The van der Waals surface area contributed by atoms with Crippen LogP contribution in [0.2, 0.25) is 10.0 Å². The largest absolute Gasteiger partial charge is 1.00 e. The van der Waals surface area contributed by atoms with Crippen LogP contribution in [0, 0.1) is 5.82 Å². The highest BCUT2D eigenvalue weighted by Gasteiger charge is 2.21. The lowest BCUT2D eigenvalue weighted by atomic mass is 10.1. The molecule has 0 bridgehead atoms. The molecule has 0 spiro atoms. The monoisotopic (exact) mass is 568 g/mol. The summed E-state index contributed by atoms with van der Waals surface area (Å²) in [6.45, 7) is -0.560. The summed E-state index contributed by atoms with van der Waals surface area (Å²) in [7, 11) is 3.08. The van der Waals surface area contributed by atoms with E-state index in [0.717, 1.165) is 14.6 Å². The molecule has 2 aromatic carbocycles. The van der Waals surface area contributed by atoms with Crippen LogP contribution in [0.5, 0.6) is 5.75 Å². The van der Waals surface area contributed by atoms with E-state index in [9.17, 15) is 14.0 Å². The molecule has 0 amide bonds. The number of carboxylic acids is 1. The van der Waals surface area contributed by atoms with E-state index in [1.807, 2.05) is 6.07 Å². The lowest BCUT2D eigenvalue weighted by Gasteiger charge is -2.09. The number of thioether (sulfide) groups is 1. The van der Waals surface area contributed by atoms with Gasteiger partial charge < -0.3 is 26.8 Å². The summed E-state index contributed by atoms with van der Waals surface area (Å²) in [5.74, 6) is -1.39. The van der Waals surface area contributed by atoms with Gasteiger partial charge in [0.1, 0.15) is 16.6 Å².